The fraction of sp³-hybridized carbons (Fsp3) is 0.273. The maximum Gasteiger partial charge on any atom is 0.229 e. The van der Waals surface area contributed by atoms with Crippen LogP contribution in [0.1, 0.15) is 29.0 Å². The highest BCUT2D eigenvalue weighted by Crippen LogP contribution is 2.46. The molecule has 148 valence electrons. The molecule has 2 aromatic carbocycles. The van der Waals surface area contributed by atoms with Crippen LogP contribution in [-0.2, 0) is 4.79 Å². The zero-order chi connectivity index (χ0) is 20.7. The molecule has 2 aliphatic heterocycles. The lowest BCUT2D eigenvalue weighted by molar-refractivity contribution is -0.129. The maximum atomic E-state index is 13.1. The monoisotopic (exact) mass is 443 g/mol. The summed E-state index contributed by atoms with van der Waals surface area (Å²) in [6, 6.07) is 13.9. The predicted molar refractivity (Wildman–Crippen MR) is 119 cm³/mol. The van der Waals surface area contributed by atoms with Crippen molar-refractivity contribution in [2.75, 3.05) is 17.4 Å². The van der Waals surface area contributed by atoms with Crippen LogP contribution in [0.15, 0.2) is 47.0 Å². The van der Waals surface area contributed by atoms with Crippen molar-refractivity contribution < 1.29 is 4.79 Å². The van der Waals surface area contributed by atoms with E-state index in [4.69, 9.17) is 23.2 Å². The fourth-order valence-electron chi connectivity index (χ4n) is 3.74. The van der Waals surface area contributed by atoms with Gasteiger partial charge in [0.05, 0.1) is 29.2 Å². The van der Waals surface area contributed by atoms with Crippen molar-refractivity contribution in [3.05, 3.63) is 73.7 Å². The van der Waals surface area contributed by atoms with Gasteiger partial charge in [-0.3, -0.25) is 9.69 Å². The number of carbonyl (C=O) groups excluding carboxylic acids is 1. The lowest BCUT2D eigenvalue weighted by atomic mass is 9.86. The Bertz CT molecular complexity index is 1060. The van der Waals surface area contributed by atoms with E-state index in [0.29, 0.717) is 38.8 Å². The maximum absolute atomic E-state index is 13.1. The van der Waals surface area contributed by atoms with E-state index in [1.54, 1.807) is 23.1 Å². The number of aryl methyl sites for hydroxylation is 2. The first-order valence-electron chi connectivity index (χ1n) is 9.24. The molecular formula is C22H19Cl2N3OS. The van der Waals surface area contributed by atoms with Crippen LogP contribution in [0.25, 0.3) is 0 Å². The minimum Gasteiger partial charge on any atom is -0.344 e. The first-order chi connectivity index (χ1) is 13.9. The van der Waals surface area contributed by atoms with Gasteiger partial charge in [0.2, 0.25) is 5.91 Å². The molecule has 1 saturated heterocycles. The first-order valence-corrected chi connectivity index (χ1v) is 11.0. The second-order valence-corrected chi connectivity index (χ2v) is 9.02. The lowest BCUT2D eigenvalue weighted by Crippen LogP contribution is -2.47. The fourth-order valence-corrected chi connectivity index (χ4v) is 5.57. The number of anilines is 1. The van der Waals surface area contributed by atoms with Crippen molar-refractivity contribution in [2.24, 2.45) is 0 Å². The normalized spacial score (nSPS) is 19.3. The van der Waals surface area contributed by atoms with Crippen molar-refractivity contribution in [3.63, 3.8) is 0 Å². The van der Waals surface area contributed by atoms with Crippen molar-refractivity contribution >= 4 is 46.6 Å². The van der Waals surface area contributed by atoms with Crippen molar-refractivity contribution in [2.45, 2.75) is 26.2 Å². The molecule has 29 heavy (non-hydrogen) atoms. The average Bonchev–Trinajstić information content (AvgIpc) is 2.70. The van der Waals surface area contributed by atoms with Crippen molar-refractivity contribution in [1.82, 2.24) is 4.90 Å². The molecule has 2 aromatic rings. The van der Waals surface area contributed by atoms with E-state index in [1.807, 2.05) is 0 Å². The Morgan fingerprint density at radius 2 is 1.86 bits per heavy atom. The van der Waals surface area contributed by atoms with Gasteiger partial charge in [0.15, 0.2) is 0 Å². The van der Waals surface area contributed by atoms with Gasteiger partial charge in [0, 0.05) is 28.1 Å². The molecule has 0 aromatic heterocycles. The van der Waals surface area contributed by atoms with E-state index in [1.165, 1.54) is 22.9 Å². The summed E-state index contributed by atoms with van der Waals surface area (Å²) in [5, 5.41) is 11.6. The molecule has 7 heteroatoms. The Balaban J connectivity index is 1.70. The zero-order valence-electron chi connectivity index (χ0n) is 16.1. The summed E-state index contributed by atoms with van der Waals surface area (Å²) in [7, 11) is 0. The lowest BCUT2D eigenvalue weighted by Gasteiger charge is -2.42. The summed E-state index contributed by atoms with van der Waals surface area (Å²) in [5.74, 6) is 0.220. The third-order valence-corrected chi connectivity index (χ3v) is 7.31. The van der Waals surface area contributed by atoms with Crippen LogP contribution in [0.3, 0.4) is 0 Å². The average molecular weight is 444 g/mol. The minimum absolute atomic E-state index is 0.0268. The van der Waals surface area contributed by atoms with Gasteiger partial charge in [-0.2, -0.15) is 5.26 Å². The number of nitrogens with zero attached hydrogens (tertiary/aromatic N) is 3. The standard InChI is InChI=1S/C22H19Cl2N3OS/c1-13-6-7-15(8-14(13)2)26-11-27-20(28)9-16(17(10-25)22(27)29-12-26)21-18(23)4-3-5-19(21)24/h3-8,16H,9,11-12H2,1-2H3. The molecule has 2 aliphatic rings. The van der Waals surface area contributed by atoms with E-state index in [0.717, 1.165) is 5.69 Å². The minimum atomic E-state index is -0.416. The van der Waals surface area contributed by atoms with Crippen molar-refractivity contribution in [1.29, 1.82) is 5.26 Å². The Kier molecular flexibility index (Phi) is 5.52. The van der Waals surface area contributed by atoms with Crippen LogP contribution >= 0.6 is 35.0 Å². The molecule has 1 atom stereocenters. The van der Waals surface area contributed by atoms with Gasteiger partial charge >= 0.3 is 0 Å². The summed E-state index contributed by atoms with van der Waals surface area (Å²) in [4.78, 5) is 16.9. The van der Waals surface area contributed by atoms with Crippen LogP contribution in [0.5, 0.6) is 0 Å². The molecule has 0 spiro atoms. The quantitative estimate of drug-likeness (QED) is 0.585. The van der Waals surface area contributed by atoms with E-state index in [2.05, 4.69) is 43.0 Å². The largest absolute Gasteiger partial charge is 0.344 e. The van der Waals surface area contributed by atoms with Crippen LogP contribution in [0.2, 0.25) is 10.0 Å². The van der Waals surface area contributed by atoms with Gasteiger partial charge in [0.1, 0.15) is 0 Å². The summed E-state index contributed by atoms with van der Waals surface area (Å²) in [5.41, 5.74) is 4.74. The van der Waals surface area contributed by atoms with E-state index in [-0.39, 0.29) is 12.3 Å². The highest BCUT2D eigenvalue weighted by atomic mass is 35.5. The SMILES string of the molecule is Cc1ccc(N2CSC3=C(C#N)C(c4c(Cl)cccc4Cl)CC(=O)N3C2)cc1C. The van der Waals surface area contributed by atoms with E-state index < -0.39 is 5.92 Å². The number of thioether (sulfide) groups is 1. The van der Waals surface area contributed by atoms with Gasteiger partial charge in [0.25, 0.3) is 0 Å². The number of allylic oxidation sites excluding steroid dienone is 1. The number of hydrogen-bond acceptors (Lipinski definition) is 4. The Hall–Kier alpha value is -2.13. The molecule has 0 bridgehead atoms. The number of amides is 1. The second-order valence-electron chi connectivity index (χ2n) is 7.27. The van der Waals surface area contributed by atoms with Gasteiger partial charge in [-0.25, -0.2) is 0 Å². The Morgan fingerprint density at radius 1 is 1.14 bits per heavy atom. The molecule has 0 N–H and O–H groups in total. The molecule has 1 fully saturated rings. The number of nitriles is 1. The summed E-state index contributed by atoms with van der Waals surface area (Å²) in [6.45, 7) is 4.59. The number of benzene rings is 2. The third-order valence-electron chi connectivity index (χ3n) is 5.50. The molecule has 1 unspecified atom stereocenters. The zero-order valence-corrected chi connectivity index (χ0v) is 18.4. The summed E-state index contributed by atoms with van der Waals surface area (Å²) >= 11 is 14.3. The van der Waals surface area contributed by atoms with Crippen LogP contribution in [0, 0.1) is 25.2 Å². The predicted octanol–water partition coefficient (Wildman–Crippen LogP) is 5.83. The summed E-state index contributed by atoms with van der Waals surface area (Å²) < 4.78 is 0. The number of halogens is 2. The number of fused-ring (bicyclic) bond motifs is 1. The van der Waals surface area contributed by atoms with Crippen LogP contribution in [0.4, 0.5) is 5.69 Å². The molecule has 2 heterocycles. The number of carbonyl (C=O) groups is 1. The van der Waals surface area contributed by atoms with Gasteiger partial charge in [-0.05, 0) is 54.8 Å². The van der Waals surface area contributed by atoms with Gasteiger partial charge < -0.3 is 4.90 Å². The Labute approximate surface area is 184 Å². The van der Waals surface area contributed by atoms with E-state index >= 15 is 0 Å². The van der Waals surface area contributed by atoms with Gasteiger partial charge in [-0.15, -0.1) is 0 Å². The molecule has 4 nitrogen and oxygen atoms in total. The highest BCUT2D eigenvalue weighted by Gasteiger charge is 2.39. The molecule has 0 saturated carbocycles. The smallest absolute Gasteiger partial charge is 0.229 e. The first kappa shape index (κ1) is 20.2. The van der Waals surface area contributed by atoms with E-state index in [9.17, 15) is 10.1 Å². The molecule has 0 aliphatic carbocycles. The third kappa shape index (κ3) is 3.61. The molecule has 1 amide bonds. The molecular weight excluding hydrogens is 425 g/mol. The van der Waals surface area contributed by atoms with Crippen molar-refractivity contribution in [3.8, 4) is 6.07 Å². The van der Waals surface area contributed by atoms with Crippen LogP contribution in [-0.4, -0.2) is 23.4 Å². The topological polar surface area (TPSA) is 47.3 Å². The number of hydrogen-bond donors (Lipinski definition) is 0. The van der Waals surface area contributed by atoms with Crippen LogP contribution < -0.4 is 4.90 Å². The molecule has 0 radical (unpaired) electrons. The highest BCUT2D eigenvalue weighted by molar-refractivity contribution is 8.03. The second kappa shape index (κ2) is 7.95. The summed E-state index contributed by atoms with van der Waals surface area (Å²) in [6.07, 6.45) is 0.178. The number of rotatable bonds is 2. The molecule has 4 rings (SSSR count). The Morgan fingerprint density at radius 3 is 2.52 bits per heavy atom. The van der Waals surface area contributed by atoms with Gasteiger partial charge in [-0.1, -0.05) is 47.1 Å².